The van der Waals surface area contributed by atoms with Crippen LogP contribution in [0.15, 0.2) is 16.6 Å². The van der Waals surface area contributed by atoms with Crippen LogP contribution in [0.25, 0.3) is 0 Å². The molecular formula is C10H10BrClFNOS. The molecular weight excluding hydrogens is 317 g/mol. The quantitative estimate of drug-likeness (QED) is 0.908. The third-order valence-electron chi connectivity index (χ3n) is 1.80. The molecule has 0 aromatic heterocycles. The number of benzene rings is 1. The first kappa shape index (κ1) is 13.8. The van der Waals surface area contributed by atoms with Crippen molar-refractivity contribution in [2.24, 2.45) is 0 Å². The summed E-state index contributed by atoms with van der Waals surface area (Å²) < 4.78 is 13.4. The summed E-state index contributed by atoms with van der Waals surface area (Å²) in [5.41, 5.74) is 0.411. The summed E-state index contributed by atoms with van der Waals surface area (Å²) >= 11 is 10.6. The zero-order chi connectivity index (χ0) is 12.1. The van der Waals surface area contributed by atoms with Crippen molar-refractivity contribution >= 4 is 50.9 Å². The number of carbonyl (C=O) groups excluding carboxylic acids is 1. The molecule has 88 valence electrons. The lowest BCUT2D eigenvalue weighted by atomic mass is 10.3. The van der Waals surface area contributed by atoms with Crippen molar-refractivity contribution in [2.75, 3.05) is 17.3 Å². The topological polar surface area (TPSA) is 29.1 Å². The fourth-order valence-corrected chi connectivity index (χ4v) is 2.35. The van der Waals surface area contributed by atoms with E-state index in [4.69, 9.17) is 11.6 Å². The summed E-state index contributed by atoms with van der Waals surface area (Å²) in [5, 5.41) is 2.83. The lowest BCUT2D eigenvalue weighted by Gasteiger charge is -2.09. The number of nitrogens with one attached hydrogen (secondary N) is 1. The van der Waals surface area contributed by atoms with Gasteiger partial charge < -0.3 is 5.32 Å². The van der Waals surface area contributed by atoms with Crippen molar-refractivity contribution in [3.05, 3.63) is 27.4 Å². The van der Waals surface area contributed by atoms with Crippen LogP contribution < -0.4 is 5.32 Å². The molecule has 1 amide bonds. The van der Waals surface area contributed by atoms with Crippen LogP contribution in [-0.4, -0.2) is 17.9 Å². The van der Waals surface area contributed by atoms with Crippen LogP contribution in [0.3, 0.4) is 0 Å². The van der Waals surface area contributed by atoms with Gasteiger partial charge in [0.25, 0.3) is 0 Å². The van der Waals surface area contributed by atoms with Crippen molar-refractivity contribution in [3.8, 4) is 0 Å². The Morgan fingerprint density at radius 3 is 2.88 bits per heavy atom. The number of rotatable bonds is 4. The summed E-state index contributed by atoms with van der Waals surface area (Å²) in [6, 6.07) is 2.42. The monoisotopic (exact) mass is 325 g/mol. The molecule has 0 atom stereocenters. The zero-order valence-electron chi connectivity index (χ0n) is 8.52. The van der Waals surface area contributed by atoms with E-state index in [-0.39, 0.29) is 10.9 Å². The van der Waals surface area contributed by atoms with Gasteiger partial charge in [-0.3, -0.25) is 4.79 Å². The van der Waals surface area contributed by atoms with Gasteiger partial charge >= 0.3 is 0 Å². The Hall–Kier alpha value is -0.260. The van der Waals surface area contributed by atoms with E-state index in [0.717, 1.165) is 11.8 Å². The van der Waals surface area contributed by atoms with Gasteiger partial charge in [-0.1, -0.05) is 11.6 Å². The highest BCUT2D eigenvalue weighted by molar-refractivity contribution is 9.10. The molecule has 0 aliphatic carbocycles. The van der Waals surface area contributed by atoms with Crippen molar-refractivity contribution in [3.63, 3.8) is 0 Å². The molecule has 0 heterocycles. The van der Waals surface area contributed by atoms with E-state index < -0.39 is 5.82 Å². The van der Waals surface area contributed by atoms with E-state index in [1.54, 1.807) is 11.8 Å². The van der Waals surface area contributed by atoms with Crippen LogP contribution >= 0.6 is 39.3 Å². The maximum absolute atomic E-state index is 12.9. The van der Waals surface area contributed by atoms with Crippen molar-refractivity contribution < 1.29 is 9.18 Å². The Balaban J connectivity index is 2.77. The Morgan fingerprint density at radius 1 is 1.62 bits per heavy atom. The zero-order valence-corrected chi connectivity index (χ0v) is 11.7. The summed E-state index contributed by atoms with van der Waals surface area (Å²) in [6.07, 6.45) is 2.33. The number of halogens is 3. The smallest absolute Gasteiger partial charge is 0.225 e. The average molecular weight is 327 g/mol. The van der Waals surface area contributed by atoms with Gasteiger partial charge in [-0.15, -0.1) is 0 Å². The van der Waals surface area contributed by atoms with Crippen molar-refractivity contribution in [2.45, 2.75) is 6.42 Å². The average Bonchev–Trinajstić information content (AvgIpc) is 2.20. The Kier molecular flexibility index (Phi) is 5.58. The van der Waals surface area contributed by atoms with E-state index in [1.165, 1.54) is 6.07 Å². The van der Waals surface area contributed by atoms with Gasteiger partial charge in [-0.25, -0.2) is 4.39 Å². The van der Waals surface area contributed by atoms with Crippen molar-refractivity contribution in [1.82, 2.24) is 0 Å². The highest BCUT2D eigenvalue weighted by Gasteiger charge is 2.10. The second kappa shape index (κ2) is 6.47. The van der Waals surface area contributed by atoms with E-state index >= 15 is 0 Å². The van der Waals surface area contributed by atoms with E-state index in [0.29, 0.717) is 16.6 Å². The lowest BCUT2D eigenvalue weighted by Crippen LogP contribution is -2.13. The molecule has 0 aliphatic heterocycles. The van der Waals surface area contributed by atoms with Gasteiger partial charge in [0.2, 0.25) is 5.91 Å². The third kappa shape index (κ3) is 3.96. The minimum atomic E-state index is -0.445. The van der Waals surface area contributed by atoms with Crippen molar-refractivity contribution in [1.29, 1.82) is 0 Å². The number of thioether (sulfide) groups is 1. The predicted octanol–water partition coefficient (Wildman–Crippen LogP) is 3.93. The number of carbonyl (C=O) groups is 1. The second-order valence-electron chi connectivity index (χ2n) is 3.04. The molecule has 0 unspecified atom stereocenters. The molecule has 0 spiro atoms. The summed E-state index contributed by atoms with van der Waals surface area (Å²) in [5.74, 6) is 0.157. The van der Waals surface area contributed by atoms with Gasteiger partial charge in [-0.05, 0) is 34.3 Å². The molecule has 16 heavy (non-hydrogen) atoms. The van der Waals surface area contributed by atoms with Crippen LogP contribution in [0.4, 0.5) is 10.1 Å². The first-order chi connectivity index (χ1) is 7.54. The van der Waals surface area contributed by atoms with E-state index in [9.17, 15) is 9.18 Å². The number of hydrogen-bond donors (Lipinski definition) is 1. The number of anilines is 1. The Bertz CT molecular complexity index is 379. The highest BCUT2D eigenvalue weighted by atomic mass is 79.9. The fraction of sp³-hybridized carbons (Fsp3) is 0.300. The minimum absolute atomic E-state index is 0.136. The van der Waals surface area contributed by atoms with Crippen LogP contribution in [-0.2, 0) is 4.79 Å². The maximum atomic E-state index is 12.9. The predicted molar refractivity (Wildman–Crippen MR) is 70.7 cm³/mol. The first-order valence-electron chi connectivity index (χ1n) is 4.48. The minimum Gasteiger partial charge on any atom is -0.324 e. The normalized spacial score (nSPS) is 10.2. The van der Waals surface area contributed by atoms with E-state index in [2.05, 4.69) is 21.2 Å². The number of hydrogen-bond acceptors (Lipinski definition) is 2. The Labute approximate surface area is 111 Å². The SMILES string of the molecule is CSCCC(=O)Nc1c(Cl)cc(F)cc1Br. The van der Waals surface area contributed by atoms with Crippen LogP contribution in [0.5, 0.6) is 0 Å². The largest absolute Gasteiger partial charge is 0.324 e. The second-order valence-corrected chi connectivity index (χ2v) is 5.28. The van der Waals surface area contributed by atoms with E-state index in [1.807, 2.05) is 6.26 Å². The molecule has 1 aromatic carbocycles. The molecule has 0 saturated heterocycles. The van der Waals surface area contributed by atoms with Gasteiger partial charge in [0.1, 0.15) is 5.82 Å². The highest BCUT2D eigenvalue weighted by Crippen LogP contribution is 2.31. The summed E-state index contributed by atoms with van der Waals surface area (Å²) in [7, 11) is 0. The molecule has 1 rings (SSSR count). The third-order valence-corrected chi connectivity index (χ3v) is 3.34. The molecule has 0 saturated carbocycles. The van der Waals surface area contributed by atoms with Crippen LogP contribution in [0.2, 0.25) is 5.02 Å². The van der Waals surface area contributed by atoms with Crippen LogP contribution in [0.1, 0.15) is 6.42 Å². The van der Waals surface area contributed by atoms with Gasteiger partial charge in [0, 0.05) is 16.6 Å². The molecule has 6 heteroatoms. The molecule has 0 aliphatic rings. The summed E-state index contributed by atoms with van der Waals surface area (Å²) in [6.45, 7) is 0. The van der Waals surface area contributed by atoms with Gasteiger partial charge in [-0.2, -0.15) is 11.8 Å². The number of amides is 1. The maximum Gasteiger partial charge on any atom is 0.225 e. The molecule has 1 N–H and O–H groups in total. The molecule has 0 bridgehead atoms. The Morgan fingerprint density at radius 2 is 2.31 bits per heavy atom. The molecule has 1 aromatic rings. The molecule has 0 fully saturated rings. The standard InChI is InChI=1S/C10H10BrClFNOS/c1-16-3-2-9(15)14-10-7(11)4-6(13)5-8(10)12/h4-5H,2-3H2,1H3,(H,14,15). The van der Waals surface area contributed by atoms with Crippen LogP contribution in [0, 0.1) is 5.82 Å². The fourth-order valence-electron chi connectivity index (χ4n) is 1.06. The molecule has 0 radical (unpaired) electrons. The lowest BCUT2D eigenvalue weighted by molar-refractivity contribution is -0.115. The summed E-state index contributed by atoms with van der Waals surface area (Å²) in [4.78, 5) is 11.5. The van der Waals surface area contributed by atoms with Gasteiger partial charge in [0.05, 0.1) is 10.7 Å². The van der Waals surface area contributed by atoms with Gasteiger partial charge in [0.15, 0.2) is 0 Å². The first-order valence-corrected chi connectivity index (χ1v) is 7.04. The molecule has 2 nitrogen and oxygen atoms in total.